The van der Waals surface area contributed by atoms with E-state index in [4.69, 9.17) is 5.11 Å². The van der Waals surface area contributed by atoms with E-state index in [1.807, 2.05) is 72.8 Å². The smallest absolute Gasteiger partial charge is 0.326 e. The van der Waals surface area contributed by atoms with Gasteiger partial charge < -0.3 is 10.0 Å². The largest absolute Gasteiger partial charge is 0.480 e. The van der Waals surface area contributed by atoms with Gasteiger partial charge in [0, 0.05) is 18.2 Å². The van der Waals surface area contributed by atoms with Crippen LogP contribution in [0.25, 0.3) is 0 Å². The lowest BCUT2D eigenvalue weighted by Crippen LogP contribution is -2.43. The summed E-state index contributed by atoms with van der Waals surface area (Å²) in [5.74, 6) is -0.729. The summed E-state index contributed by atoms with van der Waals surface area (Å²) in [4.78, 5) is 24.0. The van der Waals surface area contributed by atoms with Crippen molar-refractivity contribution in [3.63, 3.8) is 0 Å². The van der Waals surface area contributed by atoms with Gasteiger partial charge >= 0.3 is 5.97 Å². The molecule has 5 heteroatoms. The summed E-state index contributed by atoms with van der Waals surface area (Å²) in [6.07, 6.45) is 14.1. The second-order valence-electron chi connectivity index (χ2n) is 6.32. The third-order valence-electron chi connectivity index (χ3n) is 3.18. The lowest BCUT2D eigenvalue weighted by molar-refractivity contribution is -0.149. The van der Waals surface area contributed by atoms with Crippen LogP contribution in [0.4, 0.5) is 0 Å². The lowest BCUT2D eigenvalue weighted by atomic mass is 10.1. The summed E-state index contributed by atoms with van der Waals surface area (Å²) in [6, 6.07) is -0.621. The Hall–Kier alpha value is -2.45. The number of amides is 1. The van der Waals surface area contributed by atoms with Crippen LogP contribution < -0.4 is 0 Å². The van der Waals surface area contributed by atoms with E-state index in [9.17, 15) is 9.59 Å². The maximum atomic E-state index is 11.7. The Balaban J connectivity index is -0.000000114. The first kappa shape index (κ1) is 40.9. The minimum atomic E-state index is -0.901. The van der Waals surface area contributed by atoms with Gasteiger partial charge in [-0.3, -0.25) is 4.79 Å². The maximum absolute atomic E-state index is 11.7. The molecule has 4 nitrogen and oxygen atoms in total. The standard InChI is InChI=1S/C9H15NO3S.2C5H8.3C3H6/c1-6(5-14)8(11)10-4-2-3-7(10)9(12)13;2*1-3-5-4-2;3*1-3-2/h6-7,14H,2-5H2,1H3,(H,12,13);2*3-4H,1-2H3;3*3H,1H2,2H3/t6-,7+;;;;;/m1...../s1. The number of carbonyl (C=O) groups excluding carboxylic acids is 1. The maximum Gasteiger partial charge on any atom is 0.326 e. The van der Waals surface area contributed by atoms with E-state index >= 15 is 0 Å². The van der Waals surface area contributed by atoms with Gasteiger partial charge in [0.25, 0.3) is 0 Å². The van der Waals surface area contributed by atoms with Crippen molar-refractivity contribution in [2.24, 2.45) is 5.92 Å². The summed E-state index contributed by atoms with van der Waals surface area (Å²) >= 11 is 4.03. The van der Waals surface area contributed by atoms with Crippen molar-refractivity contribution in [3.8, 4) is 0 Å². The fraction of sp³-hybridized carbons (Fsp3) is 0.500. The van der Waals surface area contributed by atoms with Crippen LogP contribution in [0, 0.1) is 5.92 Å². The topological polar surface area (TPSA) is 57.6 Å². The molecule has 0 aromatic rings. The highest BCUT2D eigenvalue weighted by Gasteiger charge is 2.35. The molecule has 2 atom stereocenters. The Bertz CT molecular complexity index is 564. The molecular formula is C28H49NO3S. The van der Waals surface area contributed by atoms with Crippen molar-refractivity contribution in [2.75, 3.05) is 12.3 Å². The SMILES string of the molecule is C=CC.C=CC.C=CC.CC=C=CC.CC=C=CC.C[C@H](CS)C(=O)N1CCC[C@H]1C(=O)O. The molecule has 1 aliphatic rings. The third-order valence-corrected chi connectivity index (χ3v) is 3.73. The normalized spacial score (nSPS) is 12.8. The quantitative estimate of drug-likeness (QED) is 0.248. The second-order valence-corrected chi connectivity index (χ2v) is 6.69. The van der Waals surface area contributed by atoms with E-state index in [-0.39, 0.29) is 11.8 Å². The van der Waals surface area contributed by atoms with Crippen LogP contribution in [-0.4, -0.2) is 40.2 Å². The number of likely N-dealkylation sites (tertiary alicyclic amines) is 1. The summed E-state index contributed by atoms with van der Waals surface area (Å²) in [5, 5.41) is 8.87. The van der Waals surface area contributed by atoms with Crippen LogP contribution in [0.1, 0.15) is 68.2 Å². The molecule has 0 unspecified atom stereocenters. The van der Waals surface area contributed by atoms with Crippen LogP contribution in [-0.2, 0) is 9.59 Å². The molecule has 1 rings (SSSR count). The number of allylic oxidation sites excluding steroid dienone is 5. The number of carboxylic acid groups (broad SMARTS) is 1. The fourth-order valence-corrected chi connectivity index (χ4v) is 2.14. The van der Waals surface area contributed by atoms with Crippen molar-refractivity contribution in [3.05, 3.63) is 73.7 Å². The van der Waals surface area contributed by atoms with Crippen molar-refractivity contribution < 1.29 is 14.7 Å². The minimum Gasteiger partial charge on any atom is -0.480 e. The molecule has 0 aliphatic carbocycles. The number of hydrogen-bond donors (Lipinski definition) is 2. The van der Waals surface area contributed by atoms with E-state index in [2.05, 4.69) is 43.8 Å². The Morgan fingerprint density at radius 3 is 1.48 bits per heavy atom. The van der Waals surface area contributed by atoms with Gasteiger partial charge in [0.1, 0.15) is 6.04 Å². The van der Waals surface area contributed by atoms with Gasteiger partial charge in [-0.25, -0.2) is 4.79 Å². The highest BCUT2D eigenvalue weighted by molar-refractivity contribution is 7.80. The first-order valence-electron chi connectivity index (χ1n) is 11.1. The summed E-state index contributed by atoms with van der Waals surface area (Å²) < 4.78 is 0. The molecule has 1 saturated heterocycles. The number of nitrogens with zero attached hydrogens (tertiary/aromatic N) is 1. The molecule has 190 valence electrons. The molecule has 0 saturated carbocycles. The van der Waals surface area contributed by atoms with Crippen molar-refractivity contribution >= 4 is 24.5 Å². The molecular weight excluding hydrogens is 430 g/mol. The van der Waals surface area contributed by atoms with Crippen LogP contribution in [0.5, 0.6) is 0 Å². The Kier molecular flexibility index (Phi) is 45.7. The van der Waals surface area contributed by atoms with Crippen LogP contribution in [0.2, 0.25) is 0 Å². The van der Waals surface area contributed by atoms with E-state index in [1.165, 1.54) is 4.90 Å². The molecule has 1 fully saturated rings. The molecule has 0 aromatic carbocycles. The highest BCUT2D eigenvalue weighted by Crippen LogP contribution is 2.20. The molecule has 1 heterocycles. The first-order chi connectivity index (χ1) is 15.6. The lowest BCUT2D eigenvalue weighted by Gasteiger charge is -2.24. The third kappa shape index (κ3) is 34.4. The monoisotopic (exact) mass is 479 g/mol. The Morgan fingerprint density at radius 2 is 1.27 bits per heavy atom. The minimum absolute atomic E-state index is 0.0927. The van der Waals surface area contributed by atoms with Gasteiger partial charge in [-0.15, -0.1) is 31.2 Å². The number of rotatable bonds is 3. The van der Waals surface area contributed by atoms with Gasteiger partial charge in [0.15, 0.2) is 0 Å². The number of carbonyl (C=O) groups is 2. The average molecular weight is 480 g/mol. The predicted octanol–water partition coefficient (Wildman–Crippen LogP) is 7.68. The fourth-order valence-electron chi connectivity index (χ4n) is 1.98. The number of hydrogen-bond acceptors (Lipinski definition) is 3. The van der Waals surface area contributed by atoms with Gasteiger partial charge in [0.2, 0.25) is 5.91 Å². The van der Waals surface area contributed by atoms with Crippen LogP contribution >= 0.6 is 12.6 Å². The van der Waals surface area contributed by atoms with Crippen LogP contribution in [0.15, 0.2) is 73.7 Å². The zero-order valence-electron chi connectivity index (χ0n) is 22.3. The van der Waals surface area contributed by atoms with Gasteiger partial charge in [-0.2, -0.15) is 12.6 Å². The Morgan fingerprint density at radius 1 is 0.939 bits per heavy atom. The number of thiol groups is 1. The number of aliphatic carboxylic acids is 1. The molecule has 33 heavy (non-hydrogen) atoms. The molecule has 1 aliphatic heterocycles. The summed E-state index contributed by atoms with van der Waals surface area (Å²) in [6.45, 7) is 25.9. The zero-order valence-corrected chi connectivity index (χ0v) is 23.2. The van der Waals surface area contributed by atoms with E-state index in [0.29, 0.717) is 18.7 Å². The van der Waals surface area contributed by atoms with Crippen molar-refractivity contribution in [1.29, 1.82) is 0 Å². The molecule has 0 spiro atoms. The first-order valence-corrected chi connectivity index (χ1v) is 11.8. The average Bonchev–Trinajstić information content (AvgIpc) is 3.27. The van der Waals surface area contributed by atoms with Crippen molar-refractivity contribution in [2.45, 2.75) is 74.3 Å². The number of carboxylic acids is 1. The molecule has 0 radical (unpaired) electrons. The summed E-state index contributed by atoms with van der Waals surface area (Å²) in [7, 11) is 0. The molecule has 0 aromatic heterocycles. The molecule has 1 amide bonds. The second kappa shape index (κ2) is 36.9. The van der Waals surface area contributed by atoms with E-state index in [0.717, 1.165) is 6.42 Å². The molecule has 1 N–H and O–H groups in total. The predicted molar refractivity (Wildman–Crippen MR) is 151 cm³/mol. The van der Waals surface area contributed by atoms with Crippen molar-refractivity contribution in [1.82, 2.24) is 4.90 Å². The van der Waals surface area contributed by atoms with Gasteiger partial charge in [-0.05, 0) is 85.6 Å². The van der Waals surface area contributed by atoms with Gasteiger partial charge in [0.05, 0.1) is 0 Å². The van der Waals surface area contributed by atoms with Crippen LogP contribution in [0.3, 0.4) is 0 Å². The van der Waals surface area contributed by atoms with E-state index in [1.54, 1.807) is 25.2 Å². The Labute approximate surface area is 210 Å². The zero-order chi connectivity index (χ0) is 27.1. The van der Waals surface area contributed by atoms with Gasteiger partial charge in [-0.1, -0.05) is 25.2 Å². The van der Waals surface area contributed by atoms with E-state index < -0.39 is 12.0 Å². The highest BCUT2D eigenvalue weighted by atomic mass is 32.1. The molecule has 0 bridgehead atoms. The summed E-state index contributed by atoms with van der Waals surface area (Å²) in [5.41, 5.74) is 5.72.